The minimum atomic E-state index is -4.62. The molecule has 6 aromatic heterocycles. The molecule has 24 nitrogen and oxygen atoms in total. The van der Waals surface area contributed by atoms with Crippen LogP contribution in [0.1, 0.15) is 106 Å². The number of carbonyl (C=O) groups excluding carboxylic acids is 3. The van der Waals surface area contributed by atoms with Gasteiger partial charge in [-0.3, -0.25) is 19.2 Å². The summed E-state index contributed by atoms with van der Waals surface area (Å²) in [5.74, 6) is 0.577. The van der Waals surface area contributed by atoms with Crippen LogP contribution in [0.2, 0.25) is 0 Å². The van der Waals surface area contributed by atoms with E-state index in [0.29, 0.717) is 113 Å². The number of aromatic nitrogens is 10. The van der Waals surface area contributed by atoms with Crippen LogP contribution in [-0.2, 0) is 62.1 Å². The molecule has 3 amide bonds. The van der Waals surface area contributed by atoms with Crippen molar-refractivity contribution in [1.82, 2.24) is 58.5 Å². The van der Waals surface area contributed by atoms with E-state index in [1.54, 1.807) is 34.8 Å². The van der Waals surface area contributed by atoms with Crippen molar-refractivity contribution >= 4 is 63.7 Å². The average molecular weight is 1190 g/mol. The highest BCUT2D eigenvalue weighted by Crippen LogP contribution is 2.32. The van der Waals surface area contributed by atoms with Crippen LogP contribution in [0.3, 0.4) is 0 Å². The fourth-order valence-corrected chi connectivity index (χ4v) is 10.2. The Labute approximate surface area is 482 Å². The lowest BCUT2D eigenvalue weighted by Gasteiger charge is -2.37. The van der Waals surface area contributed by atoms with Crippen LogP contribution in [0.5, 0.6) is 0 Å². The van der Waals surface area contributed by atoms with Crippen molar-refractivity contribution in [3.8, 4) is 0 Å². The number of hydrogen-bond donors (Lipinski definition) is 3. The summed E-state index contributed by atoms with van der Waals surface area (Å²) >= 11 is 0. The van der Waals surface area contributed by atoms with Crippen molar-refractivity contribution in [3.63, 3.8) is 0 Å². The zero-order chi connectivity index (χ0) is 61.1. The third kappa shape index (κ3) is 13.7. The van der Waals surface area contributed by atoms with Gasteiger partial charge >= 0.3 is 18.4 Å². The van der Waals surface area contributed by atoms with Crippen LogP contribution in [0.15, 0.2) is 46.0 Å². The van der Waals surface area contributed by atoms with E-state index in [4.69, 9.17) is 14.2 Å². The van der Waals surface area contributed by atoms with Crippen molar-refractivity contribution in [2.75, 3.05) is 86.0 Å². The topological polar surface area (TPSA) is 255 Å². The predicted octanol–water partition coefficient (Wildman–Crippen LogP) is 6.40. The van der Waals surface area contributed by atoms with Crippen molar-refractivity contribution in [3.05, 3.63) is 103 Å². The largest absolute Gasteiger partial charge is 0.490 e. The molecule has 0 unspecified atom stereocenters. The number of hydrogen-bond acceptors (Lipinski definition) is 17. The molecule has 0 aromatic carbocycles. The van der Waals surface area contributed by atoms with Gasteiger partial charge in [-0.2, -0.15) is 45.3 Å². The van der Waals surface area contributed by atoms with Gasteiger partial charge in [0.15, 0.2) is 11.5 Å². The number of anilines is 4. The van der Waals surface area contributed by atoms with Crippen LogP contribution < -0.4 is 36.9 Å². The van der Waals surface area contributed by atoms with Gasteiger partial charge in [-0.15, -0.1) is 10.2 Å². The number of allylic oxidation sites excluding steroid dienone is 2. The summed E-state index contributed by atoms with van der Waals surface area (Å²) in [5.41, 5.74) is -1.33. The minimum Gasteiger partial charge on any atom is -0.490 e. The van der Waals surface area contributed by atoms with Crippen LogP contribution in [0, 0.1) is 13.8 Å². The second-order valence-electron chi connectivity index (χ2n) is 21.4. The molecule has 6 aromatic rings. The summed E-state index contributed by atoms with van der Waals surface area (Å²) in [4.78, 5) is 88.8. The molecule has 85 heavy (non-hydrogen) atoms. The van der Waals surface area contributed by atoms with Crippen LogP contribution >= 0.6 is 0 Å². The van der Waals surface area contributed by atoms with Gasteiger partial charge in [0, 0.05) is 52.4 Å². The van der Waals surface area contributed by atoms with Gasteiger partial charge in [-0.05, 0) is 110 Å². The fraction of sp³-hybridized carbons (Fsp3) is 0.509. The molecule has 0 bridgehead atoms. The molecule has 456 valence electrons. The van der Waals surface area contributed by atoms with Crippen LogP contribution in [0.4, 0.5) is 53.9 Å². The zero-order valence-corrected chi connectivity index (χ0v) is 48.0. The van der Waals surface area contributed by atoms with Gasteiger partial charge in [0.1, 0.15) is 41.5 Å². The molecular formula is C55H66F6N16O8. The Morgan fingerprint density at radius 3 is 1.41 bits per heavy atom. The number of fused-ring (bicyclic) bond motifs is 2. The van der Waals surface area contributed by atoms with Gasteiger partial charge in [-0.25, -0.2) is 14.8 Å². The maximum atomic E-state index is 14.0. The lowest BCUT2D eigenvalue weighted by Crippen LogP contribution is -2.51. The Bertz CT molecular complexity index is 3700. The van der Waals surface area contributed by atoms with E-state index in [1.807, 2.05) is 35.8 Å². The van der Waals surface area contributed by atoms with Crippen LogP contribution in [0.25, 0.3) is 23.1 Å². The minimum absolute atomic E-state index is 0.00126. The van der Waals surface area contributed by atoms with E-state index in [2.05, 4.69) is 46.1 Å². The highest BCUT2D eigenvalue weighted by molar-refractivity contribution is 5.92. The van der Waals surface area contributed by atoms with E-state index in [0.717, 1.165) is 48.4 Å². The third-order valence-corrected chi connectivity index (χ3v) is 14.2. The third-order valence-electron chi connectivity index (χ3n) is 14.2. The summed E-state index contributed by atoms with van der Waals surface area (Å²) in [7, 11) is 0. The van der Waals surface area contributed by atoms with E-state index in [9.17, 15) is 50.3 Å². The molecule has 0 saturated carbocycles. The molecule has 0 spiro atoms. The van der Waals surface area contributed by atoms with Crippen molar-refractivity contribution < 1.29 is 54.9 Å². The number of amides is 3. The quantitative estimate of drug-likeness (QED) is 0.112. The van der Waals surface area contributed by atoms with Crippen molar-refractivity contribution in [1.29, 1.82) is 0 Å². The normalized spacial score (nSPS) is 16.0. The molecule has 2 saturated heterocycles. The predicted molar refractivity (Wildman–Crippen MR) is 300 cm³/mol. The fourth-order valence-electron chi connectivity index (χ4n) is 10.2. The molecule has 30 heteroatoms. The Balaban J connectivity index is 0.000000206. The summed E-state index contributed by atoms with van der Waals surface area (Å²) in [6.45, 7) is 16.2. The van der Waals surface area contributed by atoms with Crippen LogP contribution in [-0.4, -0.2) is 142 Å². The molecule has 10 heterocycles. The first-order valence-electron chi connectivity index (χ1n) is 27.9. The highest BCUT2D eigenvalue weighted by atomic mass is 19.4. The lowest BCUT2D eigenvalue weighted by atomic mass is 10.2. The summed E-state index contributed by atoms with van der Waals surface area (Å²) in [6, 6.07) is 3.96. The summed E-state index contributed by atoms with van der Waals surface area (Å²) < 4.78 is 101. The van der Waals surface area contributed by atoms with E-state index < -0.39 is 52.8 Å². The highest BCUT2D eigenvalue weighted by Gasteiger charge is 2.36. The first-order chi connectivity index (χ1) is 40.3. The van der Waals surface area contributed by atoms with E-state index >= 15 is 0 Å². The van der Waals surface area contributed by atoms with Gasteiger partial charge in [-0.1, -0.05) is 13.8 Å². The molecule has 0 aliphatic carbocycles. The number of rotatable bonds is 12. The number of carbonyl (C=O) groups is 3. The lowest BCUT2D eigenvalue weighted by molar-refractivity contribution is -0.142. The second kappa shape index (κ2) is 24.9. The SMILES string of the molecule is CCc1c(N2CCN(C(=O)OC(C)(C)C)CC2)c(=O)n2nc(C3=CCCCO3)nc2n1CC(=O)Nc1ccc(C(F)(F)F)nc1C.CCc1c(N2CCNCC2)c(=O)n2nc(C3=CCCCO3)nc2n1CC(=O)Nc1ccc(C(F)(F)F)nc1C. The van der Waals surface area contributed by atoms with Gasteiger partial charge in [0.25, 0.3) is 11.1 Å². The Morgan fingerprint density at radius 1 is 0.624 bits per heavy atom. The smallest absolute Gasteiger partial charge is 0.433 e. The summed E-state index contributed by atoms with van der Waals surface area (Å²) in [6.07, 6.45) is -1.91. The maximum absolute atomic E-state index is 14.0. The number of nitrogens with zero attached hydrogens (tertiary/aromatic N) is 13. The van der Waals surface area contributed by atoms with Gasteiger partial charge in [0.05, 0.1) is 47.4 Å². The first kappa shape index (κ1) is 61.0. The Hall–Kier alpha value is -8.57. The molecule has 10 rings (SSSR count). The molecule has 4 aliphatic heterocycles. The number of halogens is 6. The number of aryl methyl sites for hydroxylation is 2. The second-order valence-corrected chi connectivity index (χ2v) is 21.4. The number of pyridine rings is 2. The number of nitrogens with one attached hydrogen (secondary N) is 3. The van der Waals surface area contributed by atoms with Gasteiger partial charge in [0.2, 0.25) is 35.0 Å². The number of piperazine rings is 2. The van der Waals surface area contributed by atoms with Gasteiger partial charge < -0.3 is 54.0 Å². The van der Waals surface area contributed by atoms with E-state index in [1.165, 1.54) is 24.4 Å². The monoisotopic (exact) mass is 1190 g/mol. The molecular weight excluding hydrogens is 1130 g/mol. The first-order valence-corrected chi connectivity index (χ1v) is 27.9. The zero-order valence-electron chi connectivity index (χ0n) is 48.0. The summed E-state index contributed by atoms with van der Waals surface area (Å²) in [5, 5.41) is 17.5. The van der Waals surface area contributed by atoms with Crippen molar-refractivity contribution in [2.24, 2.45) is 0 Å². The average Bonchev–Trinajstić information content (AvgIpc) is 1.83. The Morgan fingerprint density at radius 2 is 1.05 bits per heavy atom. The number of ether oxygens (including phenoxy) is 3. The van der Waals surface area contributed by atoms with Crippen molar-refractivity contribution in [2.45, 2.75) is 118 Å². The van der Waals surface area contributed by atoms with E-state index in [-0.39, 0.29) is 64.6 Å². The number of alkyl halides is 6. The maximum Gasteiger partial charge on any atom is 0.433 e. The standard InChI is InChI=1S/C30H37F3N8O5.C25H29F3N8O3/c1-6-20-24(38-12-14-39(15-13-38)28(44)46-29(3,4)5)26(43)41-27(36-25(37-41)21-9-7-8-16-45-21)40(20)17-23(42)35-19-10-11-22(30(31,32)33)34-18(19)2;1-3-17-21(34-11-9-29-10-12-34)23(38)36-24(32-22(33-36)18-6-4-5-13-39-18)35(17)14-20(37)31-16-7-8-19(25(26,27)28)30-15(16)2/h9-11H,6-8,12-17H2,1-5H3,(H,35,42);6-8,29H,3-5,9-14H2,1-2H3,(H,31,37). The molecule has 3 N–H and O–H groups in total. The molecule has 0 atom stereocenters. The Kier molecular flexibility index (Phi) is 17.9. The molecule has 4 aliphatic rings. The molecule has 0 radical (unpaired) electrons. The molecule has 2 fully saturated rings.